The highest BCUT2D eigenvalue weighted by Crippen LogP contribution is 2.35. The lowest BCUT2D eigenvalue weighted by Gasteiger charge is -2.11. The number of amides is 3. The molecule has 3 amide bonds. The molecule has 1 aromatic heterocycles. The van der Waals surface area contributed by atoms with Crippen LogP contribution in [0.3, 0.4) is 0 Å². The van der Waals surface area contributed by atoms with Crippen molar-refractivity contribution in [2.75, 3.05) is 25.6 Å². The lowest BCUT2D eigenvalue weighted by Crippen LogP contribution is -2.23. The van der Waals surface area contributed by atoms with Crippen molar-refractivity contribution in [3.8, 4) is 10.4 Å². The zero-order valence-corrected chi connectivity index (χ0v) is 15.7. The van der Waals surface area contributed by atoms with Gasteiger partial charge in [0, 0.05) is 31.7 Å². The summed E-state index contributed by atoms with van der Waals surface area (Å²) in [6, 6.07) is 8.92. The van der Waals surface area contributed by atoms with Gasteiger partial charge in [-0.3, -0.25) is 10.1 Å². The number of hydrogen-bond donors (Lipinski definition) is 4. The molecule has 1 heterocycles. The Morgan fingerprint density at radius 3 is 2.50 bits per heavy atom. The minimum absolute atomic E-state index is 0.252. The van der Waals surface area contributed by atoms with E-state index in [4.69, 9.17) is 16.2 Å². The van der Waals surface area contributed by atoms with Crippen LogP contribution in [0.25, 0.3) is 10.4 Å². The highest BCUT2D eigenvalue weighted by molar-refractivity contribution is 7.20. The highest BCUT2D eigenvalue weighted by atomic mass is 32.1. The van der Waals surface area contributed by atoms with E-state index in [1.165, 1.54) is 11.3 Å². The van der Waals surface area contributed by atoms with Crippen LogP contribution in [0.5, 0.6) is 0 Å². The third-order valence-electron chi connectivity index (χ3n) is 3.75. The standard InChI is InChI=1S/C18H24N4O3S/c1-11(10-25-2)8-21-9-12-3-5-13(6-4-12)15-7-14(16(19)23)17(26-15)22-18(20)24/h3-7,11,21H,8-10H2,1-2H3,(H2,19,23)(H3,20,22,24). The summed E-state index contributed by atoms with van der Waals surface area (Å²) in [4.78, 5) is 23.4. The summed E-state index contributed by atoms with van der Waals surface area (Å²) in [6.45, 7) is 4.50. The zero-order valence-electron chi connectivity index (χ0n) is 14.9. The molecule has 0 saturated heterocycles. The summed E-state index contributed by atoms with van der Waals surface area (Å²) in [5.41, 5.74) is 12.8. The Labute approximate surface area is 156 Å². The minimum Gasteiger partial charge on any atom is -0.384 e. The quantitative estimate of drug-likeness (QED) is 0.537. The summed E-state index contributed by atoms with van der Waals surface area (Å²) < 4.78 is 5.12. The second-order valence-electron chi connectivity index (χ2n) is 6.10. The van der Waals surface area contributed by atoms with Crippen molar-refractivity contribution in [2.24, 2.45) is 17.4 Å². The van der Waals surface area contributed by atoms with Gasteiger partial charge in [0.05, 0.1) is 5.56 Å². The summed E-state index contributed by atoms with van der Waals surface area (Å²) in [6.07, 6.45) is 0. The van der Waals surface area contributed by atoms with E-state index in [1.807, 2.05) is 24.3 Å². The number of rotatable bonds is 9. The molecule has 6 N–H and O–H groups in total. The summed E-state index contributed by atoms with van der Waals surface area (Å²) in [5.74, 6) is -0.156. The smallest absolute Gasteiger partial charge is 0.317 e. The number of anilines is 1. The summed E-state index contributed by atoms with van der Waals surface area (Å²) in [7, 11) is 1.70. The summed E-state index contributed by atoms with van der Waals surface area (Å²) in [5, 5.41) is 6.20. The third-order valence-corrected chi connectivity index (χ3v) is 4.85. The Hall–Kier alpha value is -2.42. The van der Waals surface area contributed by atoms with Gasteiger partial charge in [0.15, 0.2) is 0 Å². The number of nitrogens with one attached hydrogen (secondary N) is 2. The molecule has 26 heavy (non-hydrogen) atoms. The normalized spacial score (nSPS) is 11.9. The molecule has 140 valence electrons. The maximum atomic E-state index is 11.5. The lowest BCUT2D eigenvalue weighted by atomic mass is 10.1. The first-order chi connectivity index (χ1) is 12.4. The van der Waals surface area contributed by atoms with Gasteiger partial charge in [0.25, 0.3) is 5.91 Å². The number of primary amides is 2. The zero-order chi connectivity index (χ0) is 19.1. The molecule has 0 aliphatic carbocycles. The molecule has 0 radical (unpaired) electrons. The van der Waals surface area contributed by atoms with E-state index >= 15 is 0 Å². The molecule has 0 saturated carbocycles. The van der Waals surface area contributed by atoms with Crippen molar-refractivity contribution in [2.45, 2.75) is 13.5 Å². The monoisotopic (exact) mass is 376 g/mol. The number of ether oxygens (including phenoxy) is 1. The number of methoxy groups -OCH3 is 1. The average Bonchev–Trinajstić information content (AvgIpc) is 2.99. The molecule has 0 fully saturated rings. The SMILES string of the molecule is COCC(C)CNCc1ccc(-c2cc(C(N)=O)c(NC(N)=O)s2)cc1. The van der Waals surface area contributed by atoms with E-state index in [2.05, 4.69) is 17.6 Å². The Kier molecular flexibility index (Phi) is 7.14. The molecule has 7 nitrogen and oxygen atoms in total. The van der Waals surface area contributed by atoms with Crippen LogP contribution in [0.1, 0.15) is 22.8 Å². The van der Waals surface area contributed by atoms with E-state index in [0.29, 0.717) is 10.9 Å². The van der Waals surface area contributed by atoms with E-state index in [0.717, 1.165) is 35.7 Å². The molecule has 1 unspecified atom stereocenters. The van der Waals surface area contributed by atoms with Crippen molar-refractivity contribution in [3.63, 3.8) is 0 Å². The molecule has 0 aliphatic rings. The van der Waals surface area contributed by atoms with E-state index in [-0.39, 0.29) is 5.56 Å². The Bertz CT molecular complexity index is 758. The Balaban J connectivity index is 2.06. The van der Waals surface area contributed by atoms with Crippen LogP contribution >= 0.6 is 11.3 Å². The first-order valence-corrected chi connectivity index (χ1v) is 9.01. The van der Waals surface area contributed by atoms with Crippen LogP contribution in [-0.4, -0.2) is 32.2 Å². The van der Waals surface area contributed by atoms with Crippen LogP contribution < -0.4 is 22.1 Å². The number of nitrogens with two attached hydrogens (primary N) is 2. The van der Waals surface area contributed by atoms with Gasteiger partial charge in [-0.1, -0.05) is 31.2 Å². The minimum atomic E-state index is -0.731. The van der Waals surface area contributed by atoms with Crippen molar-refractivity contribution >= 4 is 28.3 Å². The molecular formula is C18H24N4O3S. The van der Waals surface area contributed by atoms with Gasteiger partial charge in [-0.05, 0) is 23.1 Å². The van der Waals surface area contributed by atoms with E-state index < -0.39 is 11.9 Å². The van der Waals surface area contributed by atoms with Crippen molar-refractivity contribution in [1.29, 1.82) is 0 Å². The molecule has 0 aliphatic heterocycles. The number of benzene rings is 1. The van der Waals surface area contributed by atoms with Gasteiger partial charge in [-0.15, -0.1) is 11.3 Å². The lowest BCUT2D eigenvalue weighted by molar-refractivity contribution is 0.100. The first-order valence-electron chi connectivity index (χ1n) is 8.19. The summed E-state index contributed by atoms with van der Waals surface area (Å²) >= 11 is 1.26. The van der Waals surface area contributed by atoms with Gasteiger partial charge in [-0.2, -0.15) is 0 Å². The fourth-order valence-electron chi connectivity index (χ4n) is 2.51. The van der Waals surface area contributed by atoms with Crippen molar-refractivity contribution in [1.82, 2.24) is 5.32 Å². The van der Waals surface area contributed by atoms with Gasteiger partial charge < -0.3 is 21.5 Å². The van der Waals surface area contributed by atoms with Crippen LogP contribution in [0, 0.1) is 5.92 Å². The predicted octanol–water partition coefficient (Wildman–Crippen LogP) is 2.38. The van der Waals surface area contributed by atoms with Gasteiger partial charge in [0.1, 0.15) is 5.00 Å². The van der Waals surface area contributed by atoms with Crippen LogP contribution in [0.4, 0.5) is 9.80 Å². The number of carbonyl (C=O) groups is 2. The molecule has 1 atom stereocenters. The second-order valence-corrected chi connectivity index (χ2v) is 7.15. The first kappa shape index (κ1) is 19.9. The van der Waals surface area contributed by atoms with Crippen molar-refractivity contribution < 1.29 is 14.3 Å². The van der Waals surface area contributed by atoms with Crippen molar-refractivity contribution in [3.05, 3.63) is 41.5 Å². The van der Waals surface area contributed by atoms with Crippen LogP contribution in [0.15, 0.2) is 30.3 Å². The molecule has 8 heteroatoms. The topological polar surface area (TPSA) is 119 Å². The van der Waals surface area contributed by atoms with E-state index in [9.17, 15) is 9.59 Å². The van der Waals surface area contributed by atoms with Gasteiger partial charge in [-0.25, -0.2) is 4.79 Å². The van der Waals surface area contributed by atoms with Gasteiger partial charge in [0.2, 0.25) is 0 Å². The number of urea groups is 1. The Morgan fingerprint density at radius 1 is 1.23 bits per heavy atom. The number of hydrogen-bond acceptors (Lipinski definition) is 5. The highest BCUT2D eigenvalue weighted by Gasteiger charge is 2.16. The molecule has 2 aromatic rings. The van der Waals surface area contributed by atoms with Gasteiger partial charge >= 0.3 is 6.03 Å². The maximum Gasteiger partial charge on any atom is 0.317 e. The third kappa shape index (κ3) is 5.55. The fourth-order valence-corrected chi connectivity index (χ4v) is 3.59. The second kappa shape index (κ2) is 9.33. The molecule has 0 bridgehead atoms. The predicted molar refractivity (Wildman–Crippen MR) is 104 cm³/mol. The largest absolute Gasteiger partial charge is 0.384 e. The fraction of sp³-hybridized carbons (Fsp3) is 0.333. The molecule has 0 spiro atoms. The molecular weight excluding hydrogens is 352 g/mol. The maximum absolute atomic E-state index is 11.5. The molecule has 2 rings (SSSR count). The van der Waals surface area contributed by atoms with Crippen LogP contribution in [0.2, 0.25) is 0 Å². The molecule has 1 aromatic carbocycles. The number of carbonyl (C=O) groups excluding carboxylic acids is 2. The Morgan fingerprint density at radius 2 is 1.92 bits per heavy atom. The van der Waals surface area contributed by atoms with Crippen LogP contribution in [-0.2, 0) is 11.3 Å². The average molecular weight is 376 g/mol. The number of thiophene rings is 1. The van der Waals surface area contributed by atoms with E-state index in [1.54, 1.807) is 13.2 Å².